The zero-order valence-electron chi connectivity index (χ0n) is 12.1. The number of carbonyl (C=O) groups excluding carboxylic acids is 1. The zero-order valence-corrected chi connectivity index (χ0v) is 12.9. The van der Waals surface area contributed by atoms with Gasteiger partial charge in [-0.3, -0.25) is 4.79 Å². The van der Waals surface area contributed by atoms with E-state index in [1.165, 1.54) is 5.56 Å². The predicted octanol–water partition coefficient (Wildman–Crippen LogP) is 2.17. The van der Waals surface area contributed by atoms with Crippen molar-refractivity contribution in [2.75, 3.05) is 12.0 Å². The lowest BCUT2D eigenvalue weighted by atomic mass is 10.0. The summed E-state index contributed by atoms with van der Waals surface area (Å²) in [6.45, 7) is 4.01. The first-order chi connectivity index (χ1) is 9.43. The number of carboxylic acid groups (broad SMARTS) is 1. The van der Waals surface area contributed by atoms with Gasteiger partial charge in [-0.15, -0.1) is 0 Å². The Hall–Kier alpha value is -1.49. The fourth-order valence-electron chi connectivity index (χ4n) is 1.84. The molecule has 0 aliphatic carbocycles. The Kier molecular flexibility index (Phi) is 6.58. The summed E-state index contributed by atoms with van der Waals surface area (Å²) in [5.41, 5.74) is 3.21. The van der Waals surface area contributed by atoms with Gasteiger partial charge < -0.3 is 10.4 Å². The van der Waals surface area contributed by atoms with Gasteiger partial charge in [0.1, 0.15) is 6.04 Å². The van der Waals surface area contributed by atoms with Gasteiger partial charge in [-0.2, -0.15) is 11.8 Å². The minimum atomic E-state index is -0.979. The SMILES string of the molecule is CSCC[C@@H](NC(=O)Cc1ccc(C)c(C)c1)C(=O)O. The molecule has 0 saturated carbocycles. The van der Waals surface area contributed by atoms with Gasteiger partial charge in [-0.1, -0.05) is 18.2 Å². The van der Waals surface area contributed by atoms with E-state index >= 15 is 0 Å². The molecule has 0 radical (unpaired) electrons. The Labute approximate surface area is 124 Å². The lowest BCUT2D eigenvalue weighted by molar-refractivity contribution is -0.141. The van der Waals surface area contributed by atoms with Gasteiger partial charge in [-0.05, 0) is 49.0 Å². The number of amides is 1. The van der Waals surface area contributed by atoms with Crippen LogP contribution in [0, 0.1) is 13.8 Å². The highest BCUT2D eigenvalue weighted by Gasteiger charge is 2.19. The van der Waals surface area contributed by atoms with E-state index in [0.29, 0.717) is 12.2 Å². The molecule has 0 aliphatic heterocycles. The molecule has 1 rings (SSSR count). The first-order valence-electron chi connectivity index (χ1n) is 6.51. The molecule has 0 bridgehead atoms. The number of thioether (sulfide) groups is 1. The Morgan fingerprint density at radius 3 is 2.55 bits per heavy atom. The first-order valence-corrected chi connectivity index (χ1v) is 7.90. The highest BCUT2D eigenvalue weighted by molar-refractivity contribution is 7.98. The molecule has 0 unspecified atom stereocenters. The topological polar surface area (TPSA) is 66.4 Å². The number of aryl methyl sites for hydroxylation is 2. The van der Waals surface area contributed by atoms with E-state index in [1.807, 2.05) is 38.3 Å². The molecule has 1 aromatic carbocycles. The maximum atomic E-state index is 11.9. The minimum absolute atomic E-state index is 0.212. The van der Waals surface area contributed by atoms with E-state index in [2.05, 4.69) is 5.32 Å². The van der Waals surface area contributed by atoms with Crippen LogP contribution in [0.2, 0.25) is 0 Å². The van der Waals surface area contributed by atoms with Crippen LogP contribution in [-0.2, 0) is 16.0 Å². The molecule has 2 N–H and O–H groups in total. The van der Waals surface area contributed by atoms with Gasteiger partial charge in [0.25, 0.3) is 0 Å². The average molecular weight is 295 g/mol. The molecule has 5 heteroatoms. The van der Waals surface area contributed by atoms with Crippen molar-refractivity contribution in [2.45, 2.75) is 32.7 Å². The van der Waals surface area contributed by atoms with E-state index in [4.69, 9.17) is 5.11 Å². The molecule has 1 amide bonds. The van der Waals surface area contributed by atoms with Crippen LogP contribution in [0.1, 0.15) is 23.1 Å². The van der Waals surface area contributed by atoms with Gasteiger partial charge in [0, 0.05) is 0 Å². The van der Waals surface area contributed by atoms with E-state index < -0.39 is 12.0 Å². The summed E-state index contributed by atoms with van der Waals surface area (Å²) >= 11 is 1.57. The summed E-state index contributed by atoms with van der Waals surface area (Å²) in [6, 6.07) is 5.04. The van der Waals surface area contributed by atoms with E-state index in [1.54, 1.807) is 11.8 Å². The average Bonchev–Trinajstić information content (AvgIpc) is 2.38. The molecule has 1 atom stereocenters. The van der Waals surface area contributed by atoms with Crippen molar-refractivity contribution < 1.29 is 14.7 Å². The lowest BCUT2D eigenvalue weighted by Crippen LogP contribution is -2.41. The largest absolute Gasteiger partial charge is 0.480 e. The van der Waals surface area contributed by atoms with Crippen LogP contribution >= 0.6 is 11.8 Å². The molecule has 0 fully saturated rings. The molecule has 0 spiro atoms. The van der Waals surface area contributed by atoms with E-state index in [-0.39, 0.29) is 12.3 Å². The van der Waals surface area contributed by atoms with Crippen molar-refractivity contribution in [1.82, 2.24) is 5.32 Å². The first kappa shape index (κ1) is 16.6. The quantitative estimate of drug-likeness (QED) is 0.809. The number of benzene rings is 1. The monoisotopic (exact) mass is 295 g/mol. The van der Waals surface area contributed by atoms with Crippen LogP contribution in [0.4, 0.5) is 0 Å². The third-order valence-corrected chi connectivity index (χ3v) is 3.82. The fraction of sp³-hybridized carbons (Fsp3) is 0.467. The highest BCUT2D eigenvalue weighted by Crippen LogP contribution is 2.10. The Morgan fingerprint density at radius 1 is 1.30 bits per heavy atom. The van der Waals surface area contributed by atoms with Crippen LogP contribution in [0.15, 0.2) is 18.2 Å². The molecular weight excluding hydrogens is 274 g/mol. The molecular formula is C15H21NO3S. The number of hydrogen-bond acceptors (Lipinski definition) is 3. The molecule has 4 nitrogen and oxygen atoms in total. The van der Waals surface area contributed by atoms with Crippen LogP contribution in [-0.4, -0.2) is 35.0 Å². The van der Waals surface area contributed by atoms with E-state index in [0.717, 1.165) is 11.1 Å². The summed E-state index contributed by atoms with van der Waals surface area (Å²) in [6.07, 6.45) is 2.56. The molecule has 20 heavy (non-hydrogen) atoms. The maximum Gasteiger partial charge on any atom is 0.326 e. The molecule has 1 aromatic rings. The Morgan fingerprint density at radius 2 is 2.00 bits per heavy atom. The predicted molar refractivity (Wildman–Crippen MR) is 82.2 cm³/mol. The Balaban J connectivity index is 2.60. The lowest BCUT2D eigenvalue weighted by Gasteiger charge is -2.14. The molecule has 0 heterocycles. The summed E-state index contributed by atoms with van der Waals surface area (Å²) in [7, 11) is 0. The van der Waals surface area contributed by atoms with Crippen molar-refractivity contribution in [1.29, 1.82) is 0 Å². The van der Waals surface area contributed by atoms with Crippen LogP contribution < -0.4 is 5.32 Å². The number of nitrogens with one attached hydrogen (secondary N) is 1. The number of hydrogen-bond donors (Lipinski definition) is 2. The maximum absolute atomic E-state index is 11.9. The van der Waals surface area contributed by atoms with Gasteiger partial charge in [0.15, 0.2) is 0 Å². The highest BCUT2D eigenvalue weighted by atomic mass is 32.2. The Bertz CT molecular complexity index is 488. The molecule has 110 valence electrons. The van der Waals surface area contributed by atoms with Crippen molar-refractivity contribution in [2.24, 2.45) is 0 Å². The summed E-state index contributed by atoms with van der Waals surface area (Å²) in [5.74, 6) is -0.518. The number of carbonyl (C=O) groups is 2. The second-order valence-electron chi connectivity index (χ2n) is 4.84. The van der Waals surface area contributed by atoms with Gasteiger partial charge in [0.2, 0.25) is 5.91 Å². The molecule has 0 aliphatic rings. The summed E-state index contributed by atoms with van der Waals surface area (Å²) in [4.78, 5) is 23.0. The molecule has 0 saturated heterocycles. The van der Waals surface area contributed by atoms with Crippen LogP contribution in [0.25, 0.3) is 0 Å². The number of rotatable bonds is 7. The number of aliphatic carboxylic acids is 1. The smallest absolute Gasteiger partial charge is 0.326 e. The minimum Gasteiger partial charge on any atom is -0.480 e. The third-order valence-electron chi connectivity index (χ3n) is 3.18. The second kappa shape index (κ2) is 7.94. The van der Waals surface area contributed by atoms with Gasteiger partial charge >= 0.3 is 5.97 Å². The summed E-state index contributed by atoms with van der Waals surface area (Å²) < 4.78 is 0. The third kappa shape index (κ3) is 5.25. The number of carboxylic acids is 1. The van der Waals surface area contributed by atoms with Crippen LogP contribution in [0.3, 0.4) is 0 Å². The molecule has 0 aromatic heterocycles. The zero-order chi connectivity index (χ0) is 15.1. The summed E-state index contributed by atoms with van der Waals surface area (Å²) in [5, 5.41) is 11.7. The second-order valence-corrected chi connectivity index (χ2v) is 5.82. The van der Waals surface area contributed by atoms with Crippen molar-refractivity contribution in [3.05, 3.63) is 34.9 Å². The van der Waals surface area contributed by atoms with Crippen LogP contribution in [0.5, 0.6) is 0 Å². The normalized spacial score (nSPS) is 11.9. The van der Waals surface area contributed by atoms with Crippen molar-refractivity contribution in [3.63, 3.8) is 0 Å². The standard InChI is InChI=1S/C15H21NO3S/c1-10-4-5-12(8-11(10)2)9-14(17)16-13(15(18)19)6-7-20-3/h4-5,8,13H,6-7,9H2,1-3H3,(H,16,17)(H,18,19)/t13-/m1/s1. The van der Waals surface area contributed by atoms with E-state index in [9.17, 15) is 9.59 Å². The van der Waals surface area contributed by atoms with Gasteiger partial charge in [-0.25, -0.2) is 4.79 Å². The van der Waals surface area contributed by atoms with Crippen molar-refractivity contribution in [3.8, 4) is 0 Å². The fourth-order valence-corrected chi connectivity index (χ4v) is 2.31. The van der Waals surface area contributed by atoms with Crippen molar-refractivity contribution >= 4 is 23.6 Å². The van der Waals surface area contributed by atoms with Gasteiger partial charge in [0.05, 0.1) is 6.42 Å².